The first-order valence-electron chi connectivity index (χ1n) is 22.0. The Hall–Kier alpha value is -6.64. The number of para-hydroxylation sites is 1. The van der Waals surface area contributed by atoms with Crippen LogP contribution in [0.15, 0.2) is 192 Å². The molecule has 286 valence electrons. The lowest BCUT2D eigenvalue weighted by molar-refractivity contribution is -0.231. The van der Waals surface area contributed by atoms with Crippen LogP contribution in [0.25, 0.3) is 66.4 Å². The van der Waals surface area contributed by atoms with Crippen LogP contribution in [-0.4, -0.2) is 0 Å². The lowest BCUT2D eigenvalue weighted by Crippen LogP contribution is -2.73. The number of hydrogen-bond donors (Lipinski definition) is 0. The summed E-state index contributed by atoms with van der Waals surface area (Å²) in [5, 5.41) is 2.29. The number of furan rings is 1. The van der Waals surface area contributed by atoms with Crippen molar-refractivity contribution >= 4 is 39.0 Å². The first-order valence-corrected chi connectivity index (χ1v) is 22.0. The molecule has 4 saturated carbocycles. The van der Waals surface area contributed by atoms with Crippen LogP contribution in [0.3, 0.4) is 0 Å². The van der Waals surface area contributed by atoms with E-state index in [9.17, 15) is 0 Å². The Bertz CT molecular complexity index is 3140. The Kier molecular flexibility index (Phi) is 6.63. The quantitative estimate of drug-likeness (QED) is 0.167. The van der Waals surface area contributed by atoms with Crippen molar-refractivity contribution in [1.29, 1.82) is 0 Å². The Morgan fingerprint density at radius 3 is 1.72 bits per heavy atom. The van der Waals surface area contributed by atoms with Gasteiger partial charge in [-0.25, -0.2) is 0 Å². The molecule has 0 aliphatic heterocycles. The number of anilines is 3. The van der Waals surface area contributed by atoms with Crippen molar-refractivity contribution in [3.8, 4) is 44.5 Å². The fraction of sp³-hybridized carbons (Fsp3) is 0.172. The van der Waals surface area contributed by atoms with E-state index in [1.165, 1.54) is 70.2 Å². The van der Waals surface area contributed by atoms with Crippen LogP contribution in [-0.2, 0) is 5.41 Å². The van der Waals surface area contributed by atoms with Crippen LogP contribution in [0.4, 0.5) is 17.1 Å². The highest BCUT2D eigenvalue weighted by Crippen LogP contribution is 2.89. The van der Waals surface area contributed by atoms with Crippen molar-refractivity contribution in [3.05, 3.63) is 199 Å². The topological polar surface area (TPSA) is 16.4 Å². The minimum Gasteiger partial charge on any atom is -0.456 e. The van der Waals surface area contributed by atoms with Crippen molar-refractivity contribution in [3.63, 3.8) is 0 Å². The third-order valence-corrected chi connectivity index (χ3v) is 16.1. The normalized spacial score (nSPS) is 24.9. The predicted molar refractivity (Wildman–Crippen MR) is 246 cm³/mol. The average molecular weight is 770 g/mol. The van der Waals surface area contributed by atoms with Crippen LogP contribution in [0.1, 0.15) is 36.8 Å². The SMILES string of the molecule is c1ccc(-c2cc(-c3ccccc3)cc(N(c3ccc4c(c3)-c3cc(-c5ccccc5)ccc3C43C4CC5CC6CC3C64C5)c3ccc4c(c3)oc3ccccc34)c2)cc1. The van der Waals surface area contributed by atoms with Crippen LogP contribution in [0.2, 0.25) is 0 Å². The van der Waals surface area contributed by atoms with Gasteiger partial charge in [0.1, 0.15) is 11.2 Å². The molecule has 0 N–H and O–H groups in total. The van der Waals surface area contributed by atoms with Crippen molar-refractivity contribution in [2.75, 3.05) is 4.90 Å². The number of rotatable bonds is 6. The number of fused-ring (bicyclic) bond motifs is 11. The Morgan fingerprint density at radius 2 is 1.00 bits per heavy atom. The maximum absolute atomic E-state index is 6.58. The van der Waals surface area contributed by atoms with E-state index in [1.807, 2.05) is 0 Å². The Balaban J connectivity index is 1.01. The molecule has 60 heavy (non-hydrogen) atoms. The first kappa shape index (κ1) is 33.2. The van der Waals surface area contributed by atoms with E-state index in [4.69, 9.17) is 4.42 Å². The van der Waals surface area contributed by atoms with Gasteiger partial charge < -0.3 is 9.32 Å². The lowest BCUT2D eigenvalue weighted by atomic mass is 9.27. The summed E-state index contributed by atoms with van der Waals surface area (Å²) in [5.41, 5.74) is 19.3. The van der Waals surface area contributed by atoms with Gasteiger partial charge in [0.25, 0.3) is 0 Å². The molecule has 14 rings (SSSR count). The molecule has 1 heterocycles. The van der Waals surface area contributed by atoms with E-state index in [1.54, 1.807) is 11.1 Å². The summed E-state index contributed by atoms with van der Waals surface area (Å²) in [6.07, 6.45) is 5.74. The minimum atomic E-state index is 0.121. The number of benzene rings is 8. The summed E-state index contributed by atoms with van der Waals surface area (Å²) in [4.78, 5) is 2.48. The van der Waals surface area contributed by atoms with Crippen LogP contribution >= 0.6 is 0 Å². The zero-order chi connectivity index (χ0) is 39.2. The van der Waals surface area contributed by atoms with Crippen LogP contribution < -0.4 is 4.90 Å². The van der Waals surface area contributed by atoms with Crippen molar-refractivity contribution < 1.29 is 4.42 Å². The zero-order valence-electron chi connectivity index (χ0n) is 33.4. The fourth-order valence-corrected chi connectivity index (χ4v) is 14.0. The largest absolute Gasteiger partial charge is 0.456 e. The smallest absolute Gasteiger partial charge is 0.137 e. The van der Waals surface area contributed by atoms with Gasteiger partial charge >= 0.3 is 0 Å². The Morgan fingerprint density at radius 1 is 0.417 bits per heavy atom. The monoisotopic (exact) mass is 769 g/mol. The van der Waals surface area contributed by atoms with Gasteiger partial charge in [0.2, 0.25) is 0 Å². The molecular weight excluding hydrogens is 727 g/mol. The van der Waals surface area contributed by atoms with E-state index in [2.05, 4.69) is 193 Å². The van der Waals surface area contributed by atoms with Gasteiger partial charge in [-0.15, -0.1) is 0 Å². The molecule has 0 amide bonds. The first-order chi connectivity index (χ1) is 29.7. The standard InChI is InChI=1S/C58H43NO/c1-4-12-37(13-5-1)40-20-24-51-49(31-40)50-33-44(22-25-52(50)58(51)55-27-36-26-43-32-56(58)57(43,55)35-36)59(45-21-23-48-47-18-10-11-19-53(47)60-54(48)34-45)46-29-41(38-14-6-2-7-15-38)28-42(30-46)39-16-8-3-9-17-39/h1-25,28-31,33-34,36,43,55-56H,26-27,32,35H2. The Labute approximate surface area is 350 Å². The second-order valence-corrected chi connectivity index (χ2v) is 18.5. The molecule has 5 aliphatic rings. The van der Waals surface area contributed by atoms with Crippen LogP contribution in [0, 0.1) is 29.1 Å². The summed E-state index contributed by atoms with van der Waals surface area (Å²) in [6, 6.07) is 70.0. The van der Waals surface area contributed by atoms with Crippen molar-refractivity contribution in [2.45, 2.75) is 31.1 Å². The van der Waals surface area contributed by atoms with E-state index in [0.29, 0.717) is 5.41 Å². The molecule has 2 bridgehead atoms. The summed E-state index contributed by atoms with van der Waals surface area (Å²) in [6.45, 7) is 0. The summed E-state index contributed by atoms with van der Waals surface area (Å²) in [7, 11) is 0. The van der Waals surface area contributed by atoms with E-state index in [-0.39, 0.29) is 5.41 Å². The van der Waals surface area contributed by atoms with Gasteiger partial charge in [-0.05, 0) is 165 Å². The van der Waals surface area contributed by atoms with E-state index < -0.39 is 0 Å². The average Bonchev–Trinajstić information content (AvgIpc) is 4.04. The molecule has 1 aromatic heterocycles. The molecule has 6 atom stereocenters. The van der Waals surface area contributed by atoms with E-state index in [0.717, 1.165) is 62.7 Å². The molecular formula is C58H43NO. The van der Waals surface area contributed by atoms with Gasteiger partial charge in [0.15, 0.2) is 0 Å². The zero-order valence-corrected chi connectivity index (χ0v) is 33.4. The molecule has 2 nitrogen and oxygen atoms in total. The molecule has 5 aliphatic carbocycles. The molecule has 9 aromatic rings. The highest BCUT2D eigenvalue weighted by molar-refractivity contribution is 6.06. The second-order valence-electron chi connectivity index (χ2n) is 18.5. The third kappa shape index (κ3) is 4.28. The van der Waals surface area contributed by atoms with Crippen LogP contribution in [0.5, 0.6) is 0 Å². The molecule has 8 aromatic carbocycles. The molecule has 0 saturated heterocycles. The van der Waals surface area contributed by atoms with Crippen molar-refractivity contribution in [1.82, 2.24) is 0 Å². The second kappa shape index (κ2) is 12.0. The fourth-order valence-electron chi connectivity index (χ4n) is 14.0. The number of hydrogen-bond acceptors (Lipinski definition) is 2. The van der Waals surface area contributed by atoms with Gasteiger partial charge in [-0.3, -0.25) is 0 Å². The van der Waals surface area contributed by atoms with Gasteiger partial charge in [-0.1, -0.05) is 127 Å². The summed E-state index contributed by atoms with van der Waals surface area (Å²) < 4.78 is 6.58. The maximum Gasteiger partial charge on any atom is 0.137 e. The summed E-state index contributed by atoms with van der Waals surface area (Å²) >= 11 is 0. The highest BCUT2D eigenvalue weighted by Gasteiger charge is 2.84. The molecule has 4 fully saturated rings. The lowest BCUT2D eigenvalue weighted by Gasteiger charge is -2.76. The van der Waals surface area contributed by atoms with E-state index >= 15 is 0 Å². The molecule has 6 unspecified atom stereocenters. The minimum absolute atomic E-state index is 0.121. The third-order valence-electron chi connectivity index (χ3n) is 16.1. The predicted octanol–water partition coefficient (Wildman–Crippen LogP) is 15.4. The molecule has 0 radical (unpaired) electrons. The highest BCUT2D eigenvalue weighted by atomic mass is 16.3. The van der Waals surface area contributed by atoms with Gasteiger partial charge in [0, 0.05) is 39.3 Å². The van der Waals surface area contributed by atoms with Gasteiger partial charge in [0.05, 0.1) is 0 Å². The molecule has 2 spiro atoms. The summed E-state index contributed by atoms with van der Waals surface area (Å²) in [5.74, 6) is 3.37. The van der Waals surface area contributed by atoms with Crippen molar-refractivity contribution in [2.24, 2.45) is 29.1 Å². The molecule has 2 heteroatoms. The number of nitrogens with zero attached hydrogens (tertiary/aromatic N) is 1. The maximum atomic E-state index is 6.58. The van der Waals surface area contributed by atoms with Gasteiger partial charge in [-0.2, -0.15) is 0 Å².